The Balaban J connectivity index is 1.51. The smallest absolute Gasteiger partial charge is 0.255 e. The Bertz CT molecular complexity index is 1600. The monoisotopic (exact) mass is 537 g/mol. The Morgan fingerprint density at radius 3 is 2.32 bits per heavy atom. The van der Waals surface area contributed by atoms with E-state index in [9.17, 15) is 28.2 Å². The van der Waals surface area contributed by atoms with Gasteiger partial charge in [-0.3, -0.25) is 14.2 Å². The summed E-state index contributed by atoms with van der Waals surface area (Å²) in [6.45, 7) is 1.03. The van der Waals surface area contributed by atoms with Gasteiger partial charge >= 0.3 is 0 Å². The number of hydrogen-bond donors (Lipinski definition) is 3. The molecule has 4 rings (SSSR count). The molecule has 0 fully saturated rings. The number of sulfone groups is 1. The van der Waals surface area contributed by atoms with Gasteiger partial charge in [0, 0.05) is 31.5 Å². The predicted molar refractivity (Wildman–Crippen MR) is 141 cm³/mol. The summed E-state index contributed by atoms with van der Waals surface area (Å²) < 4.78 is 24.8. The number of carbonyl (C=O) groups excluding carboxylic acids is 1. The molecule has 2 atom stereocenters. The van der Waals surface area contributed by atoms with Crippen LogP contribution in [-0.2, 0) is 9.84 Å². The average Bonchev–Trinajstić information content (AvgIpc) is 3.42. The summed E-state index contributed by atoms with van der Waals surface area (Å²) in [4.78, 5) is 26.8. The number of amides is 1. The summed E-state index contributed by atoms with van der Waals surface area (Å²) in [7, 11) is -3.81. The Labute approximate surface area is 218 Å². The number of para-hydroxylation sites is 1. The molecule has 0 spiro atoms. The van der Waals surface area contributed by atoms with Crippen molar-refractivity contribution < 1.29 is 23.4 Å². The number of nitrogens with zero attached hydrogens (tertiary/aromatic N) is 4. The highest BCUT2D eigenvalue weighted by Gasteiger charge is 2.39. The van der Waals surface area contributed by atoms with Crippen LogP contribution in [0.3, 0.4) is 0 Å². The van der Waals surface area contributed by atoms with Crippen molar-refractivity contribution in [1.82, 2.24) is 24.9 Å². The van der Waals surface area contributed by atoms with Gasteiger partial charge in [0.15, 0.2) is 9.84 Å². The highest BCUT2D eigenvalue weighted by Crippen LogP contribution is 2.27. The van der Waals surface area contributed by atoms with Gasteiger partial charge in [0.1, 0.15) is 12.0 Å². The molecule has 0 aliphatic rings. The first-order chi connectivity index (χ1) is 18.0. The van der Waals surface area contributed by atoms with Gasteiger partial charge in [-0.05, 0) is 48.4 Å². The maximum Gasteiger partial charge on any atom is 0.255 e. The van der Waals surface area contributed by atoms with Gasteiger partial charge in [0.05, 0.1) is 28.4 Å². The minimum Gasteiger partial charge on any atom is -0.507 e. The molecular weight excluding hydrogens is 510 g/mol. The molecular formula is C26H27N5O6S. The lowest BCUT2D eigenvalue weighted by molar-refractivity contribution is 0.0767. The molecule has 0 saturated heterocycles. The highest BCUT2D eigenvalue weighted by molar-refractivity contribution is 7.92. The largest absolute Gasteiger partial charge is 0.507 e. The summed E-state index contributed by atoms with van der Waals surface area (Å²) in [5.74, 6) is -0.909. The third kappa shape index (κ3) is 5.66. The first-order valence-electron chi connectivity index (χ1n) is 11.6. The molecule has 38 heavy (non-hydrogen) atoms. The number of hydrogen-bond acceptors (Lipinski definition) is 8. The highest BCUT2D eigenvalue weighted by atomic mass is 32.2. The molecule has 0 radical (unpaired) electrons. The number of carbonyl (C=O) groups is 1. The van der Waals surface area contributed by atoms with E-state index in [1.54, 1.807) is 42.7 Å². The second kappa shape index (κ2) is 10.6. The Morgan fingerprint density at radius 2 is 1.71 bits per heavy atom. The fourth-order valence-corrected chi connectivity index (χ4v) is 4.71. The number of aliphatic hydroxyl groups excluding tert-OH is 1. The van der Waals surface area contributed by atoms with E-state index in [2.05, 4.69) is 15.5 Å². The van der Waals surface area contributed by atoms with Crippen LogP contribution in [0.25, 0.3) is 16.8 Å². The van der Waals surface area contributed by atoms with Gasteiger partial charge in [-0.25, -0.2) is 8.42 Å². The lowest BCUT2D eigenvalue weighted by Gasteiger charge is -2.30. The van der Waals surface area contributed by atoms with Crippen molar-refractivity contribution >= 4 is 15.7 Å². The number of phenolic OH excluding ortho intramolecular Hbond substituents is 1. The maximum absolute atomic E-state index is 12.9. The molecule has 1 amide bonds. The van der Waals surface area contributed by atoms with Gasteiger partial charge in [0.2, 0.25) is 0 Å². The lowest BCUT2D eigenvalue weighted by Crippen LogP contribution is -2.48. The summed E-state index contributed by atoms with van der Waals surface area (Å²) in [5, 5.41) is 31.4. The zero-order valence-electron chi connectivity index (χ0n) is 20.7. The van der Waals surface area contributed by atoms with Crippen molar-refractivity contribution in [3.63, 3.8) is 0 Å². The van der Waals surface area contributed by atoms with Gasteiger partial charge in [-0.1, -0.05) is 24.3 Å². The zero-order valence-corrected chi connectivity index (χ0v) is 21.5. The number of phenols is 1. The van der Waals surface area contributed by atoms with Crippen molar-refractivity contribution in [2.75, 3.05) is 12.8 Å². The third-order valence-corrected chi connectivity index (χ3v) is 8.50. The zero-order chi connectivity index (χ0) is 27.5. The Hall–Kier alpha value is -4.29. The minimum atomic E-state index is -3.81. The number of nitrogens with one attached hydrogen (secondary N) is 1. The molecule has 0 aliphatic heterocycles. The first kappa shape index (κ1) is 26.8. The number of benzene rings is 2. The second-order valence-corrected chi connectivity index (χ2v) is 11.7. The second-order valence-electron chi connectivity index (χ2n) is 9.13. The first-order valence-corrected chi connectivity index (χ1v) is 13.5. The van der Waals surface area contributed by atoms with Gasteiger partial charge in [-0.15, -0.1) is 0 Å². The molecule has 2 aromatic heterocycles. The number of aromatic nitrogens is 4. The molecule has 4 aromatic rings. The van der Waals surface area contributed by atoms with Crippen LogP contribution in [-0.4, -0.2) is 61.6 Å². The van der Waals surface area contributed by atoms with E-state index in [0.717, 1.165) is 22.1 Å². The van der Waals surface area contributed by atoms with Gasteiger partial charge in [0.25, 0.3) is 11.5 Å². The maximum atomic E-state index is 12.9. The van der Waals surface area contributed by atoms with Crippen molar-refractivity contribution in [2.24, 2.45) is 0 Å². The van der Waals surface area contributed by atoms with Crippen LogP contribution in [0.15, 0.2) is 84.0 Å². The molecule has 11 nitrogen and oxygen atoms in total. The minimum absolute atomic E-state index is 0.00961. The Morgan fingerprint density at radius 1 is 1.05 bits per heavy atom. The topological polar surface area (TPSA) is 156 Å². The third-order valence-electron chi connectivity index (χ3n) is 6.40. The van der Waals surface area contributed by atoms with Crippen LogP contribution in [0.1, 0.15) is 29.9 Å². The van der Waals surface area contributed by atoms with Crippen molar-refractivity contribution in [1.29, 1.82) is 0 Å². The van der Waals surface area contributed by atoms with Crippen molar-refractivity contribution in [2.45, 2.75) is 24.3 Å². The number of aliphatic hydroxyl groups is 1. The molecule has 0 saturated carbocycles. The number of rotatable bonds is 9. The predicted octanol–water partition coefficient (Wildman–Crippen LogP) is 1.92. The molecule has 2 heterocycles. The van der Waals surface area contributed by atoms with Crippen molar-refractivity contribution in [3.8, 4) is 22.6 Å². The molecule has 2 unspecified atom stereocenters. The van der Waals surface area contributed by atoms with Gasteiger partial charge < -0.3 is 15.5 Å². The summed E-state index contributed by atoms with van der Waals surface area (Å²) in [6.07, 6.45) is 3.68. The van der Waals surface area contributed by atoms with Crippen LogP contribution in [0.5, 0.6) is 5.75 Å². The molecule has 12 heteroatoms. The molecule has 0 bridgehead atoms. The van der Waals surface area contributed by atoms with E-state index in [0.29, 0.717) is 5.56 Å². The fourth-order valence-electron chi connectivity index (χ4n) is 3.92. The Kier molecular flexibility index (Phi) is 7.46. The van der Waals surface area contributed by atoms with E-state index in [-0.39, 0.29) is 24.3 Å². The lowest BCUT2D eigenvalue weighted by atomic mass is 10.0. The van der Waals surface area contributed by atoms with E-state index in [1.807, 2.05) is 12.1 Å². The normalized spacial score (nSPS) is 14.0. The summed E-state index contributed by atoms with van der Waals surface area (Å²) in [5.41, 5.74) is 1.58. The van der Waals surface area contributed by atoms with Crippen LogP contribution in [0.4, 0.5) is 0 Å². The van der Waals surface area contributed by atoms with E-state index in [1.165, 1.54) is 36.1 Å². The SMILES string of the molecule is CC(CNC(=O)c1ccccc1O)(CC(O)n1ccc(-c2ccc(-n3nccn3)cc2)cc1=O)S(C)(=O)=O. The summed E-state index contributed by atoms with van der Waals surface area (Å²) >= 11 is 0. The standard InChI is InChI=1S/C26H27N5O6S/c1-26(38(2,36)37,17-27-25(35)21-5-3-4-6-22(21)32)16-24(34)30-14-11-19(15-23(30)33)18-7-9-20(10-8-18)31-28-12-13-29-31/h3-15,24,32,34H,16-17H2,1-2H3,(H,27,35). The van der Waals surface area contributed by atoms with Crippen LogP contribution in [0, 0.1) is 0 Å². The molecule has 2 aromatic carbocycles. The molecule has 198 valence electrons. The van der Waals surface area contributed by atoms with Crippen LogP contribution >= 0.6 is 0 Å². The van der Waals surface area contributed by atoms with Gasteiger partial charge in [-0.2, -0.15) is 15.0 Å². The van der Waals surface area contributed by atoms with E-state index >= 15 is 0 Å². The number of aromatic hydroxyl groups is 1. The number of pyridine rings is 1. The van der Waals surface area contributed by atoms with E-state index in [4.69, 9.17) is 0 Å². The average molecular weight is 538 g/mol. The molecule has 0 aliphatic carbocycles. The fraction of sp³-hybridized carbons (Fsp3) is 0.231. The van der Waals surface area contributed by atoms with Crippen molar-refractivity contribution in [3.05, 3.63) is 95.2 Å². The van der Waals surface area contributed by atoms with Crippen LogP contribution in [0.2, 0.25) is 0 Å². The molecule has 3 N–H and O–H groups in total. The summed E-state index contributed by atoms with van der Waals surface area (Å²) in [6, 6.07) is 16.1. The van der Waals surface area contributed by atoms with E-state index < -0.39 is 32.3 Å². The quantitative estimate of drug-likeness (QED) is 0.292. The van der Waals surface area contributed by atoms with Crippen LogP contribution < -0.4 is 10.9 Å².